The maximum Gasteiger partial charge on any atom is 0.243 e. The van der Waals surface area contributed by atoms with Gasteiger partial charge in [-0.15, -0.1) is 0 Å². The summed E-state index contributed by atoms with van der Waals surface area (Å²) in [7, 11) is -3.57. The molecule has 1 aliphatic carbocycles. The van der Waals surface area contributed by atoms with Crippen molar-refractivity contribution >= 4 is 27.5 Å². The van der Waals surface area contributed by atoms with Gasteiger partial charge in [-0.1, -0.05) is 25.7 Å². The third kappa shape index (κ3) is 5.17. The normalized spacial score (nSPS) is 21.2. The van der Waals surface area contributed by atoms with Crippen molar-refractivity contribution in [2.45, 2.75) is 82.1 Å². The van der Waals surface area contributed by atoms with Gasteiger partial charge in [0.05, 0.1) is 4.90 Å². The van der Waals surface area contributed by atoms with Crippen LogP contribution in [0.1, 0.15) is 70.3 Å². The van der Waals surface area contributed by atoms with Crippen LogP contribution in [0.3, 0.4) is 0 Å². The van der Waals surface area contributed by atoms with Crippen LogP contribution in [0.5, 0.6) is 0 Å². The molecule has 1 N–H and O–H groups in total. The van der Waals surface area contributed by atoms with Crippen molar-refractivity contribution in [1.29, 1.82) is 0 Å². The number of piperidine rings is 1. The molecule has 3 aliphatic rings. The molecule has 8 heteroatoms. The van der Waals surface area contributed by atoms with Crippen LogP contribution >= 0.6 is 0 Å². The zero-order valence-corrected chi connectivity index (χ0v) is 19.8. The molecule has 2 amide bonds. The van der Waals surface area contributed by atoms with E-state index in [0.29, 0.717) is 56.3 Å². The van der Waals surface area contributed by atoms with E-state index in [-0.39, 0.29) is 17.7 Å². The number of carbonyl (C=O) groups is 2. The molecule has 0 atom stereocenters. The molecule has 176 valence electrons. The molecule has 32 heavy (non-hydrogen) atoms. The Bertz CT molecular complexity index is 946. The van der Waals surface area contributed by atoms with Crippen molar-refractivity contribution in [2.24, 2.45) is 5.92 Å². The third-order valence-corrected chi connectivity index (χ3v) is 9.13. The Balaban J connectivity index is 1.31. The molecular formula is C24H35N3O4S. The van der Waals surface area contributed by atoms with Crippen LogP contribution in [-0.2, 0) is 26.0 Å². The minimum absolute atomic E-state index is 0.0236. The smallest absolute Gasteiger partial charge is 0.243 e. The fourth-order valence-electron chi connectivity index (χ4n) is 5.34. The monoisotopic (exact) mass is 461 g/mol. The van der Waals surface area contributed by atoms with E-state index in [0.717, 1.165) is 24.1 Å². The van der Waals surface area contributed by atoms with Gasteiger partial charge >= 0.3 is 0 Å². The second kappa shape index (κ2) is 9.91. The Hall–Kier alpha value is -1.93. The van der Waals surface area contributed by atoms with Gasteiger partial charge < -0.3 is 10.2 Å². The molecule has 1 aromatic carbocycles. The second-order valence-corrected chi connectivity index (χ2v) is 11.5. The lowest BCUT2D eigenvalue weighted by Crippen LogP contribution is -2.40. The highest BCUT2D eigenvalue weighted by Crippen LogP contribution is 2.32. The molecule has 0 unspecified atom stereocenters. The van der Waals surface area contributed by atoms with Gasteiger partial charge in [0, 0.05) is 44.7 Å². The summed E-state index contributed by atoms with van der Waals surface area (Å²) in [5.74, 6) is 0.327. The number of amides is 2. The van der Waals surface area contributed by atoms with Crippen molar-refractivity contribution in [3.05, 3.63) is 23.8 Å². The third-order valence-electron chi connectivity index (χ3n) is 7.23. The van der Waals surface area contributed by atoms with Crippen LogP contribution in [0.2, 0.25) is 0 Å². The molecule has 1 saturated heterocycles. The molecule has 0 spiro atoms. The van der Waals surface area contributed by atoms with Gasteiger partial charge in [0.1, 0.15) is 0 Å². The van der Waals surface area contributed by atoms with E-state index in [4.69, 9.17) is 0 Å². The van der Waals surface area contributed by atoms with Crippen LogP contribution in [0.25, 0.3) is 0 Å². The summed E-state index contributed by atoms with van der Waals surface area (Å²) < 4.78 is 27.9. The van der Waals surface area contributed by atoms with Gasteiger partial charge in [0.25, 0.3) is 0 Å². The molecule has 0 radical (unpaired) electrons. The fourth-order valence-corrected chi connectivity index (χ4v) is 6.86. The summed E-state index contributed by atoms with van der Waals surface area (Å²) in [6.45, 7) is 3.02. The van der Waals surface area contributed by atoms with Crippen molar-refractivity contribution in [1.82, 2.24) is 9.62 Å². The predicted molar refractivity (Wildman–Crippen MR) is 124 cm³/mol. The first kappa shape index (κ1) is 23.2. The van der Waals surface area contributed by atoms with Gasteiger partial charge in [0.2, 0.25) is 21.8 Å². The zero-order chi connectivity index (χ0) is 22.7. The van der Waals surface area contributed by atoms with Gasteiger partial charge in [-0.2, -0.15) is 4.31 Å². The molecular weight excluding hydrogens is 426 g/mol. The van der Waals surface area contributed by atoms with Gasteiger partial charge in [-0.05, 0) is 61.8 Å². The van der Waals surface area contributed by atoms with Gasteiger partial charge in [-0.3, -0.25) is 9.59 Å². The van der Waals surface area contributed by atoms with Crippen molar-refractivity contribution < 1.29 is 18.0 Å². The van der Waals surface area contributed by atoms with E-state index in [9.17, 15) is 18.0 Å². The Morgan fingerprint density at radius 1 is 1.00 bits per heavy atom. The number of rotatable bonds is 5. The molecule has 1 saturated carbocycles. The molecule has 0 aromatic heterocycles. The van der Waals surface area contributed by atoms with Crippen LogP contribution < -0.4 is 10.2 Å². The Kier molecular flexibility index (Phi) is 7.20. The number of anilines is 1. The average molecular weight is 462 g/mol. The summed E-state index contributed by atoms with van der Waals surface area (Å²) in [6.07, 6.45) is 9.65. The average Bonchev–Trinajstić information content (AvgIpc) is 3.03. The van der Waals surface area contributed by atoms with Crippen molar-refractivity contribution in [3.8, 4) is 0 Å². The summed E-state index contributed by atoms with van der Waals surface area (Å²) in [5, 5.41) is 3.21. The number of fused-ring (bicyclic) bond motifs is 1. The minimum Gasteiger partial charge on any atom is -0.353 e. The highest BCUT2D eigenvalue weighted by Gasteiger charge is 2.32. The van der Waals surface area contributed by atoms with E-state index < -0.39 is 10.0 Å². The summed E-state index contributed by atoms with van der Waals surface area (Å²) in [5.41, 5.74) is 1.72. The zero-order valence-electron chi connectivity index (χ0n) is 19.0. The number of sulfonamides is 1. The maximum atomic E-state index is 13.2. The first-order chi connectivity index (χ1) is 15.3. The molecule has 2 fully saturated rings. The van der Waals surface area contributed by atoms with E-state index in [1.165, 1.54) is 32.6 Å². The Morgan fingerprint density at radius 2 is 1.69 bits per heavy atom. The second-order valence-electron chi connectivity index (χ2n) is 9.52. The number of hydrogen-bond acceptors (Lipinski definition) is 4. The predicted octanol–water partition coefficient (Wildman–Crippen LogP) is 3.23. The van der Waals surface area contributed by atoms with Gasteiger partial charge in [-0.25, -0.2) is 8.42 Å². The Labute approximate surface area is 191 Å². The number of nitrogens with one attached hydrogen (secondary N) is 1. The topological polar surface area (TPSA) is 86.8 Å². The molecule has 0 bridgehead atoms. The highest BCUT2D eigenvalue weighted by molar-refractivity contribution is 7.89. The van der Waals surface area contributed by atoms with E-state index in [1.807, 2.05) is 0 Å². The quantitative estimate of drug-likeness (QED) is 0.682. The van der Waals surface area contributed by atoms with E-state index in [2.05, 4.69) is 5.32 Å². The lowest BCUT2D eigenvalue weighted by atomic mass is 9.94. The first-order valence-corrected chi connectivity index (χ1v) is 13.5. The fraction of sp³-hybridized carbons (Fsp3) is 0.667. The van der Waals surface area contributed by atoms with E-state index >= 15 is 0 Å². The minimum atomic E-state index is -3.57. The largest absolute Gasteiger partial charge is 0.353 e. The van der Waals surface area contributed by atoms with Crippen LogP contribution in [-0.4, -0.2) is 50.2 Å². The van der Waals surface area contributed by atoms with Crippen LogP contribution in [0.15, 0.2) is 23.1 Å². The number of nitrogens with zero attached hydrogens (tertiary/aromatic N) is 2. The first-order valence-electron chi connectivity index (χ1n) is 12.0. The lowest BCUT2D eigenvalue weighted by Gasteiger charge is -2.31. The molecule has 2 heterocycles. The lowest BCUT2D eigenvalue weighted by molar-refractivity contribution is -0.123. The molecule has 4 rings (SSSR count). The maximum absolute atomic E-state index is 13.2. The van der Waals surface area contributed by atoms with Crippen molar-refractivity contribution in [2.75, 3.05) is 24.5 Å². The highest BCUT2D eigenvalue weighted by atomic mass is 32.2. The van der Waals surface area contributed by atoms with Crippen LogP contribution in [0.4, 0.5) is 5.69 Å². The van der Waals surface area contributed by atoms with Gasteiger partial charge in [0.15, 0.2) is 0 Å². The standard InChI is InChI=1S/C24H35N3O4S/c1-18(28)27-15-12-20-17-22(8-9-23(20)27)32(30,31)26-13-10-19(11-14-26)16-24(29)25-21-6-4-2-3-5-7-21/h8-9,17,19,21H,2-7,10-16H2,1H3,(H,25,29). The van der Waals surface area contributed by atoms with Crippen LogP contribution in [0, 0.1) is 5.92 Å². The summed E-state index contributed by atoms with van der Waals surface area (Å²) in [4.78, 5) is 26.2. The molecule has 7 nitrogen and oxygen atoms in total. The summed E-state index contributed by atoms with van der Waals surface area (Å²) in [6, 6.07) is 5.40. The van der Waals surface area contributed by atoms with Crippen molar-refractivity contribution in [3.63, 3.8) is 0 Å². The summed E-state index contributed by atoms with van der Waals surface area (Å²) >= 11 is 0. The Morgan fingerprint density at radius 3 is 2.34 bits per heavy atom. The molecule has 1 aromatic rings. The molecule has 2 aliphatic heterocycles. The SMILES string of the molecule is CC(=O)N1CCc2cc(S(=O)(=O)N3CCC(CC(=O)NC4CCCCCC4)CC3)ccc21. The number of hydrogen-bond donors (Lipinski definition) is 1. The number of benzene rings is 1. The van der Waals surface area contributed by atoms with E-state index in [1.54, 1.807) is 27.4 Å². The number of carbonyl (C=O) groups excluding carboxylic acids is 2.